The van der Waals surface area contributed by atoms with E-state index in [9.17, 15) is 9.59 Å². The van der Waals surface area contributed by atoms with Crippen LogP contribution in [0.3, 0.4) is 0 Å². The number of hydrogen-bond donors (Lipinski definition) is 0. The molecule has 0 heterocycles. The van der Waals surface area contributed by atoms with Crippen molar-refractivity contribution >= 4 is 17.6 Å². The molecule has 0 aliphatic carbocycles. The molecule has 0 radical (unpaired) electrons. The molecule has 0 N–H and O–H groups in total. The third-order valence-electron chi connectivity index (χ3n) is 3.74. The number of anilines is 1. The van der Waals surface area contributed by atoms with Crippen LogP contribution >= 0.6 is 0 Å². The molecule has 0 aliphatic heterocycles. The van der Waals surface area contributed by atoms with Crippen molar-refractivity contribution in [2.75, 3.05) is 18.1 Å². The Labute approximate surface area is 147 Å². The Bertz CT molecular complexity index is 794. The van der Waals surface area contributed by atoms with Gasteiger partial charge in [0.15, 0.2) is 6.61 Å². The number of amides is 1. The van der Waals surface area contributed by atoms with Gasteiger partial charge in [0.1, 0.15) is 0 Å². The van der Waals surface area contributed by atoms with Gasteiger partial charge in [-0.15, -0.1) is 0 Å². The summed E-state index contributed by atoms with van der Waals surface area (Å²) in [6.45, 7) is 3.65. The average Bonchev–Trinajstić information content (AvgIpc) is 2.61. The molecule has 128 valence electrons. The number of nitriles is 1. The largest absolute Gasteiger partial charge is 0.452 e. The fraction of sp³-hybridized carbons (Fsp3) is 0.250. The number of carbonyl (C=O) groups excluding carboxylic acids is 2. The maximum absolute atomic E-state index is 12.5. The van der Waals surface area contributed by atoms with Gasteiger partial charge in [0.25, 0.3) is 5.91 Å². The highest BCUT2D eigenvalue weighted by Gasteiger charge is 2.18. The molecule has 0 bridgehead atoms. The van der Waals surface area contributed by atoms with Gasteiger partial charge in [0, 0.05) is 12.2 Å². The summed E-state index contributed by atoms with van der Waals surface area (Å²) < 4.78 is 5.18. The van der Waals surface area contributed by atoms with E-state index >= 15 is 0 Å². The molecule has 0 unspecified atom stereocenters. The van der Waals surface area contributed by atoms with Gasteiger partial charge in [0.05, 0.1) is 18.1 Å². The Morgan fingerprint density at radius 2 is 1.84 bits per heavy atom. The van der Waals surface area contributed by atoms with Crippen molar-refractivity contribution in [2.45, 2.75) is 20.3 Å². The van der Waals surface area contributed by atoms with Gasteiger partial charge in [0.2, 0.25) is 0 Å². The molecule has 0 spiro atoms. The summed E-state index contributed by atoms with van der Waals surface area (Å²) in [4.78, 5) is 26.1. The van der Waals surface area contributed by atoms with Crippen LogP contribution in [0.2, 0.25) is 0 Å². The van der Waals surface area contributed by atoms with E-state index in [1.165, 1.54) is 4.90 Å². The normalized spacial score (nSPS) is 9.96. The third-order valence-corrected chi connectivity index (χ3v) is 3.74. The number of aryl methyl sites for hydroxylation is 2. The van der Waals surface area contributed by atoms with Crippen LogP contribution in [0.5, 0.6) is 0 Å². The maximum atomic E-state index is 12.5. The van der Waals surface area contributed by atoms with Gasteiger partial charge >= 0.3 is 5.97 Å². The number of esters is 1. The van der Waals surface area contributed by atoms with Crippen molar-refractivity contribution in [3.05, 3.63) is 65.2 Å². The summed E-state index contributed by atoms with van der Waals surface area (Å²) in [5.41, 5.74) is 2.98. The molecule has 0 fully saturated rings. The zero-order chi connectivity index (χ0) is 18.2. The topological polar surface area (TPSA) is 70.4 Å². The van der Waals surface area contributed by atoms with Gasteiger partial charge < -0.3 is 9.64 Å². The van der Waals surface area contributed by atoms with Crippen molar-refractivity contribution in [1.29, 1.82) is 5.26 Å². The lowest BCUT2D eigenvalue weighted by Gasteiger charge is -2.21. The van der Waals surface area contributed by atoms with Crippen LogP contribution in [0.15, 0.2) is 48.5 Å². The number of benzene rings is 2. The van der Waals surface area contributed by atoms with Crippen LogP contribution in [0.1, 0.15) is 27.9 Å². The molecule has 1 amide bonds. The Morgan fingerprint density at radius 1 is 1.12 bits per heavy atom. The molecule has 0 aliphatic rings. The molecule has 25 heavy (non-hydrogen) atoms. The molecular weight excluding hydrogens is 316 g/mol. The van der Waals surface area contributed by atoms with Crippen LogP contribution in [0.25, 0.3) is 0 Å². The van der Waals surface area contributed by atoms with Crippen molar-refractivity contribution in [3.63, 3.8) is 0 Å². The minimum Gasteiger partial charge on any atom is -0.452 e. The first-order valence-corrected chi connectivity index (χ1v) is 7.99. The maximum Gasteiger partial charge on any atom is 0.338 e. The zero-order valence-electron chi connectivity index (χ0n) is 14.4. The molecule has 2 rings (SSSR count). The van der Waals surface area contributed by atoms with Crippen LogP contribution in [-0.4, -0.2) is 25.0 Å². The number of para-hydroxylation sites is 1. The number of carbonyl (C=O) groups is 2. The smallest absolute Gasteiger partial charge is 0.338 e. The first kappa shape index (κ1) is 18.2. The molecule has 0 saturated carbocycles. The van der Waals surface area contributed by atoms with Crippen LogP contribution in [0.4, 0.5) is 5.69 Å². The van der Waals surface area contributed by atoms with Crippen molar-refractivity contribution in [1.82, 2.24) is 0 Å². The van der Waals surface area contributed by atoms with Crippen molar-refractivity contribution in [3.8, 4) is 6.07 Å². The minimum absolute atomic E-state index is 0.200. The Morgan fingerprint density at radius 3 is 2.48 bits per heavy atom. The molecule has 2 aromatic carbocycles. The van der Waals surface area contributed by atoms with Gasteiger partial charge in [-0.25, -0.2) is 4.79 Å². The van der Waals surface area contributed by atoms with Crippen molar-refractivity contribution < 1.29 is 14.3 Å². The highest BCUT2D eigenvalue weighted by atomic mass is 16.5. The van der Waals surface area contributed by atoms with E-state index in [-0.39, 0.29) is 25.5 Å². The predicted octanol–water partition coefficient (Wildman–Crippen LogP) is 3.41. The lowest BCUT2D eigenvalue weighted by molar-refractivity contribution is -0.121. The molecular formula is C20H20N2O3. The molecule has 0 saturated heterocycles. The number of nitrogens with zero attached hydrogens (tertiary/aromatic N) is 2. The van der Waals surface area contributed by atoms with E-state index < -0.39 is 5.97 Å². The SMILES string of the molecule is Cc1ccc(C(=O)OCC(=O)N(CCC#N)c2ccccc2)c(C)c1. The second-order valence-electron chi connectivity index (χ2n) is 5.68. The van der Waals surface area contributed by atoms with E-state index in [0.29, 0.717) is 11.3 Å². The lowest BCUT2D eigenvalue weighted by atomic mass is 10.1. The second kappa shape index (κ2) is 8.65. The fourth-order valence-corrected chi connectivity index (χ4v) is 2.49. The molecule has 5 heteroatoms. The standard InChI is InChI=1S/C20H20N2O3/c1-15-9-10-18(16(2)13-15)20(24)25-14-19(23)22(12-6-11-21)17-7-4-3-5-8-17/h3-5,7-10,13H,6,12,14H2,1-2H3. The number of hydrogen-bond acceptors (Lipinski definition) is 4. The van der Waals surface area contributed by atoms with E-state index in [1.54, 1.807) is 18.2 Å². The van der Waals surface area contributed by atoms with E-state index in [2.05, 4.69) is 0 Å². The Kier molecular flexibility index (Phi) is 6.30. The lowest BCUT2D eigenvalue weighted by Crippen LogP contribution is -2.35. The average molecular weight is 336 g/mol. The molecule has 0 atom stereocenters. The molecule has 2 aromatic rings. The summed E-state index contributed by atoms with van der Waals surface area (Å²) in [6.07, 6.45) is 0.200. The number of rotatable bonds is 6. The Balaban J connectivity index is 2.05. The summed E-state index contributed by atoms with van der Waals surface area (Å²) >= 11 is 0. The van der Waals surface area contributed by atoms with E-state index in [4.69, 9.17) is 10.00 Å². The third kappa shape index (κ3) is 4.92. The summed E-state index contributed by atoms with van der Waals surface area (Å²) in [5, 5.41) is 8.79. The summed E-state index contributed by atoms with van der Waals surface area (Å²) in [5.74, 6) is -0.890. The van der Waals surface area contributed by atoms with Gasteiger partial charge in [-0.3, -0.25) is 4.79 Å². The first-order valence-electron chi connectivity index (χ1n) is 7.99. The second-order valence-corrected chi connectivity index (χ2v) is 5.68. The van der Waals surface area contributed by atoms with Gasteiger partial charge in [-0.2, -0.15) is 5.26 Å². The van der Waals surface area contributed by atoms with E-state index in [1.807, 2.05) is 50.2 Å². The van der Waals surface area contributed by atoms with Gasteiger partial charge in [-0.1, -0.05) is 35.9 Å². The quantitative estimate of drug-likeness (QED) is 0.758. The minimum atomic E-state index is -0.529. The predicted molar refractivity (Wildman–Crippen MR) is 95.2 cm³/mol. The van der Waals surface area contributed by atoms with Crippen molar-refractivity contribution in [2.24, 2.45) is 0 Å². The monoisotopic (exact) mass is 336 g/mol. The number of ether oxygens (including phenoxy) is 1. The van der Waals surface area contributed by atoms with Crippen LogP contribution in [0, 0.1) is 25.2 Å². The van der Waals surface area contributed by atoms with Gasteiger partial charge in [-0.05, 0) is 37.6 Å². The zero-order valence-corrected chi connectivity index (χ0v) is 14.4. The van der Waals surface area contributed by atoms with Crippen LogP contribution in [-0.2, 0) is 9.53 Å². The summed E-state index contributed by atoms with van der Waals surface area (Å²) in [7, 11) is 0. The fourth-order valence-electron chi connectivity index (χ4n) is 2.49. The van der Waals surface area contributed by atoms with E-state index in [0.717, 1.165) is 11.1 Å². The van der Waals surface area contributed by atoms with Crippen LogP contribution < -0.4 is 4.90 Å². The highest BCUT2D eigenvalue weighted by Crippen LogP contribution is 2.15. The first-order chi connectivity index (χ1) is 12.0. The Hall–Kier alpha value is -3.13. The molecule has 0 aromatic heterocycles. The molecule has 5 nitrogen and oxygen atoms in total. The summed E-state index contributed by atoms with van der Waals surface area (Å²) in [6, 6.07) is 16.5. The highest BCUT2D eigenvalue weighted by molar-refractivity contribution is 5.97.